The summed E-state index contributed by atoms with van der Waals surface area (Å²) in [5, 5.41) is 4.21. The van der Waals surface area contributed by atoms with Crippen LogP contribution in [0.3, 0.4) is 0 Å². The minimum Gasteiger partial charge on any atom is -0.470 e. The van der Waals surface area contributed by atoms with E-state index < -0.39 is 0 Å². The molecule has 0 spiro atoms. The number of carbonyl (C=O) groups is 1. The molecule has 4 rings (SSSR count). The first-order valence-electron chi connectivity index (χ1n) is 7.70. The van der Waals surface area contributed by atoms with Crippen molar-refractivity contribution in [1.29, 1.82) is 0 Å². The highest BCUT2D eigenvalue weighted by Gasteiger charge is 2.42. The summed E-state index contributed by atoms with van der Waals surface area (Å²) >= 11 is 0. The van der Waals surface area contributed by atoms with Gasteiger partial charge in [-0.2, -0.15) is 5.10 Å². The maximum absolute atomic E-state index is 12.6. The lowest BCUT2D eigenvalue weighted by Gasteiger charge is -2.25. The molecule has 120 valence electrons. The number of hydrogen-bond acceptors (Lipinski definition) is 5. The first kappa shape index (κ1) is 14.2. The Morgan fingerprint density at radius 1 is 1.35 bits per heavy atom. The van der Waals surface area contributed by atoms with Crippen molar-refractivity contribution in [2.75, 3.05) is 20.1 Å². The summed E-state index contributed by atoms with van der Waals surface area (Å²) in [6.45, 7) is 2.37. The Labute approximate surface area is 134 Å². The van der Waals surface area contributed by atoms with E-state index in [1.807, 2.05) is 26.5 Å². The topological polar surface area (TPSA) is 63.5 Å². The SMILES string of the molecule is CN1C(=O)c2cccnc2OC2CN(Cc3cnn(C)c3)CC21. The Bertz CT molecular complexity index is 744. The van der Waals surface area contributed by atoms with Crippen molar-refractivity contribution < 1.29 is 9.53 Å². The first-order chi connectivity index (χ1) is 11.1. The van der Waals surface area contributed by atoms with Crippen LogP contribution in [0.25, 0.3) is 0 Å². The summed E-state index contributed by atoms with van der Waals surface area (Å²) in [7, 11) is 3.76. The molecule has 2 aliphatic rings. The lowest BCUT2D eigenvalue weighted by Crippen LogP contribution is -2.44. The van der Waals surface area contributed by atoms with Crippen LogP contribution in [0.2, 0.25) is 0 Å². The second-order valence-corrected chi connectivity index (χ2v) is 6.21. The van der Waals surface area contributed by atoms with E-state index in [-0.39, 0.29) is 18.1 Å². The monoisotopic (exact) mass is 313 g/mol. The highest BCUT2D eigenvalue weighted by atomic mass is 16.5. The van der Waals surface area contributed by atoms with Crippen LogP contribution in [-0.2, 0) is 13.6 Å². The van der Waals surface area contributed by atoms with Gasteiger partial charge in [0, 0.05) is 51.7 Å². The fourth-order valence-electron chi connectivity index (χ4n) is 3.39. The molecule has 0 N–H and O–H groups in total. The van der Waals surface area contributed by atoms with Gasteiger partial charge in [0.2, 0.25) is 5.88 Å². The normalized spacial score (nSPS) is 24.1. The number of ether oxygens (including phenoxy) is 1. The fourth-order valence-corrected chi connectivity index (χ4v) is 3.39. The third-order valence-electron chi connectivity index (χ3n) is 4.56. The molecule has 2 aromatic rings. The zero-order valence-corrected chi connectivity index (χ0v) is 13.2. The van der Waals surface area contributed by atoms with E-state index in [1.165, 1.54) is 0 Å². The number of pyridine rings is 1. The van der Waals surface area contributed by atoms with E-state index in [1.54, 1.807) is 27.9 Å². The first-order valence-corrected chi connectivity index (χ1v) is 7.70. The van der Waals surface area contributed by atoms with E-state index in [4.69, 9.17) is 4.74 Å². The number of fused-ring (bicyclic) bond motifs is 2. The third kappa shape index (κ3) is 2.46. The summed E-state index contributed by atoms with van der Waals surface area (Å²) < 4.78 is 7.86. The molecule has 2 aliphatic heterocycles. The molecule has 1 saturated heterocycles. The van der Waals surface area contributed by atoms with Gasteiger partial charge in [0.05, 0.1) is 12.2 Å². The summed E-state index contributed by atoms with van der Waals surface area (Å²) in [4.78, 5) is 20.9. The largest absolute Gasteiger partial charge is 0.470 e. The van der Waals surface area contributed by atoms with Crippen LogP contribution in [0.15, 0.2) is 30.7 Å². The van der Waals surface area contributed by atoms with Crippen molar-refractivity contribution in [3.63, 3.8) is 0 Å². The van der Waals surface area contributed by atoms with Crippen molar-refractivity contribution in [2.45, 2.75) is 18.7 Å². The average Bonchev–Trinajstić information content (AvgIpc) is 3.11. The number of likely N-dealkylation sites (N-methyl/N-ethyl adjacent to an activating group) is 1. The molecule has 0 radical (unpaired) electrons. The molecule has 2 unspecified atom stereocenters. The quantitative estimate of drug-likeness (QED) is 0.809. The highest BCUT2D eigenvalue weighted by molar-refractivity contribution is 5.96. The molecule has 1 fully saturated rings. The Hall–Kier alpha value is -2.41. The van der Waals surface area contributed by atoms with Gasteiger partial charge in [-0.3, -0.25) is 14.4 Å². The molecule has 23 heavy (non-hydrogen) atoms. The molecule has 0 aliphatic carbocycles. The van der Waals surface area contributed by atoms with Crippen molar-refractivity contribution in [1.82, 2.24) is 24.6 Å². The molecule has 4 heterocycles. The maximum atomic E-state index is 12.6. The Morgan fingerprint density at radius 2 is 2.22 bits per heavy atom. The molecule has 0 aromatic carbocycles. The molecule has 0 bridgehead atoms. The zero-order valence-electron chi connectivity index (χ0n) is 13.2. The average molecular weight is 313 g/mol. The van der Waals surface area contributed by atoms with Crippen LogP contribution in [0.1, 0.15) is 15.9 Å². The Balaban J connectivity index is 1.56. The van der Waals surface area contributed by atoms with Crippen LogP contribution < -0.4 is 4.74 Å². The smallest absolute Gasteiger partial charge is 0.259 e. The second kappa shape index (κ2) is 5.34. The molecule has 7 heteroatoms. The highest BCUT2D eigenvalue weighted by Crippen LogP contribution is 2.29. The minimum absolute atomic E-state index is 0.0242. The van der Waals surface area contributed by atoms with Gasteiger partial charge in [0.25, 0.3) is 5.91 Å². The maximum Gasteiger partial charge on any atom is 0.259 e. The number of nitrogens with zero attached hydrogens (tertiary/aromatic N) is 5. The van der Waals surface area contributed by atoms with Gasteiger partial charge < -0.3 is 9.64 Å². The number of amides is 1. The van der Waals surface area contributed by atoms with E-state index in [0.717, 1.165) is 25.2 Å². The van der Waals surface area contributed by atoms with Gasteiger partial charge in [0.1, 0.15) is 11.7 Å². The standard InChI is InChI=1S/C16H19N5O2/c1-19-7-11(6-18-19)8-21-9-13-14(10-21)23-15-12(4-3-5-17-15)16(22)20(13)2/h3-7,13-14H,8-10H2,1-2H3. The predicted octanol–water partition coefficient (Wildman–Crippen LogP) is 0.532. The van der Waals surface area contributed by atoms with Gasteiger partial charge in [-0.1, -0.05) is 0 Å². The minimum atomic E-state index is -0.0585. The fraction of sp³-hybridized carbons (Fsp3) is 0.438. The number of aryl methyl sites for hydroxylation is 1. The molecule has 2 aromatic heterocycles. The number of likely N-dealkylation sites (tertiary alicyclic amines) is 1. The third-order valence-corrected chi connectivity index (χ3v) is 4.56. The lowest BCUT2D eigenvalue weighted by molar-refractivity contribution is 0.0680. The molecule has 7 nitrogen and oxygen atoms in total. The van der Waals surface area contributed by atoms with Crippen LogP contribution in [0, 0.1) is 0 Å². The predicted molar refractivity (Wildman–Crippen MR) is 83.0 cm³/mol. The van der Waals surface area contributed by atoms with Gasteiger partial charge in [-0.05, 0) is 12.1 Å². The van der Waals surface area contributed by atoms with Gasteiger partial charge in [-0.25, -0.2) is 4.98 Å². The van der Waals surface area contributed by atoms with E-state index in [2.05, 4.69) is 15.0 Å². The van der Waals surface area contributed by atoms with Gasteiger partial charge in [-0.15, -0.1) is 0 Å². The molecule has 1 amide bonds. The summed E-state index contributed by atoms with van der Waals surface area (Å²) in [5.41, 5.74) is 1.71. The van der Waals surface area contributed by atoms with E-state index in [0.29, 0.717) is 11.4 Å². The summed E-state index contributed by atoms with van der Waals surface area (Å²) in [5.74, 6) is 0.420. The Morgan fingerprint density at radius 3 is 3.00 bits per heavy atom. The van der Waals surface area contributed by atoms with Gasteiger partial charge >= 0.3 is 0 Å². The zero-order chi connectivity index (χ0) is 16.0. The molecular weight excluding hydrogens is 294 g/mol. The molecule has 0 saturated carbocycles. The summed E-state index contributed by atoms with van der Waals surface area (Å²) in [6.07, 6.45) is 5.49. The van der Waals surface area contributed by atoms with Crippen molar-refractivity contribution >= 4 is 5.91 Å². The van der Waals surface area contributed by atoms with E-state index in [9.17, 15) is 4.79 Å². The second-order valence-electron chi connectivity index (χ2n) is 6.21. The van der Waals surface area contributed by atoms with E-state index >= 15 is 0 Å². The number of carbonyl (C=O) groups excluding carboxylic acids is 1. The van der Waals surface area contributed by atoms with Crippen molar-refractivity contribution in [3.8, 4) is 5.88 Å². The van der Waals surface area contributed by atoms with Crippen molar-refractivity contribution in [2.24, 2.45) is 7.05 Å². The molecular formula is C16H19N5O2. The lowest BCUT2D eigenvalue weighted by atomic mass is 10.2. The van der Waals surface area contributed by atoms with Crippen molar-refractivity contribution in [3.05, 3.63) is 41.9 Å². The van der Waals surface area contributed by atoms with Crippen LogP contribution >= 0.6 is 0 Å². The van der Waals surface area contributed by atoms with Crippen LogP contribution in [-0.4, -0.2) is 62.8 Å². The summed E-state index contributed by atoms with van der Waals surface area (Å²) in [6, 6.07) is 3.58. The molecule has 2 atom stereocenters. The number of aromatic nitrogens is 3. The number of hydrogen-bond donors (Lipinski definition) is 0. The van der Waals surface area contributed by atoms with Gasteiger partial charge in [0.15, 0.2) is 0 Å². The van der Waals surface area contributed by atoms with Crippen LogP contribution in [0.5, 0.6) is 5.88 Å². The Kier molecular flexibility index (Phi) is 3.30. The number of rotatable bonds is 2. The van der Waals surface area contributed by atoms with Crippen LogP contribution in [0.4, 0.5) is 0 Å².